The largest absolute Gasteiger partial charge is 0.512 e. The molecule has 1 aliphatic heterocycles. The van der Waals surface area contributed by atoms with Crippen LogP contribution in [0.1, 0.15) is 36.9 Å². The van der Waals surface area contributed by atoms with Crippen molar-refractivity contribution in [3.05, 3.63) is 40.8 Å². The van der Waals surface area contributed by atoms with E-state index in [9.17, 15) is 10.2 Å². The van der Waals surface area contributed by atoms with Crippen LogP contribution in [0, 0.1) is 6.92 Å². The summed E-state index contributed by atoms with van der Waals surface area (Å²) in [6.07, 6.45) is 4.61. The third-order valence-electron chi connectivity index (χ3n) is 5.63. The van der Waals surface area contributed by atoms with E-state index in [1.807, 2.05) is 19.1 Å². The van der Waals surface area contributed by atoms with Crippen LogP contribution in [0.25, 0.3) is 11.3 Å². The highest BCUT2D eigenvalue weighted by atomic mass is 16.3. The van der Waals surface area contributed by atoms with Crippen LogP contribution in [0.4, 0.5) is 5.95 Å². The Morgan fingerprint density at radius 3 is 2.71 bits per heavy atom. The van der Waals surface area contributed by atoms with Crippen LogP contribution in [0.2, 0.25) is 0 Å². The first-order chi connectivity index (χ1) is 13.5. The Labute approximate surface area is 165 Å². The van der Waals surface area contributed by atoms with Gasteiger partial charge in [-0.2, -0.15) is 0 Å². The average Bonchev–Trinajstić information content (AvgIpc) is 2.66. The van der Waals surface area contributed by atoms with Gasteiger partial charge < -0.3 is 20.4 Å². The number of aliphatic hydroxyl groups excluding tert-OH is 1. The van der Waals surface area contributed by atoms with Crippen LogP contribution in [-0.2, 0) is 6.42 Å². The predicted octanol–water partition coefficient (Wildman–Crippen LogP) is 3.21. The molecule has 2 aliphatic rings. The van der Waals surface area contributed by atoms with Crippen LogP contribution in [0.15, 0.2) is 29.5 Å². The highest BCUT2D eigenvalue weighted by Gasteiger charge is 2.20. The van der Waals surface area contributed by atoms with Gasteiger partial charge in [0.1, 0.15) is 11.4 Å². The van der Waals surface area contributed by atoms with Crippen molar-refractivity contribution in [2.24, 2.45) is 0 Å². The number of aryl methyl sites for hydroxylation is 1. The zero-order valence-electron chi connectivity index (χ0n) is 16.4. The lowest BCUT2D eigenvalue weighted by Gasteiger charge is -2.30. The van der Waals surface area contributed by atoms with Gasteiger partial charge in [-0.3, -0.25) is 0 Å². The summed E-state index contributed by atoms with van der Waals surface area (Å²) in [5.41, 5.74) is 3.96. The number of likely N-dealkylation sites (tertiary alicyclic amines) is 1. The molecule has 1 atom stereocenters. The van der Waals surface area contributed by atoms with Gasteiger partial charge in [0.25, 0.3) is 0 Å². The van der Waals surface area contributed by atoms with Crippen molar-refractivity contribution in [2.75, 3.05) is 25.5 Å². The Bertz CT molecular complexity index is 912. The molecule has 0 unspecified atom stereocenters. The molecule has 28 heavy (non-hydrogen) atoms. The van der Waals surface area contributed by atoms with Crippen LogP contribution in [0.5, 0.6) is 5.75 Å². The molecule has 1 aromatic carbocycles. The summed E-state index contributed by atoms with van der Waals surface area (Å²) in [6, 6.07) is 5.87. The standard InChI is InChI=1S/C21H27N5O2/c1-13-20(24-25-21(22-13)23-16-4-3-9-26(2)12-16)17-7-5-14(11-19(17)28)10-15-6-8-18(15)27/h5,7,11,16,27-28H,3-4,6,8-10,12H2,1-2H3,(H,22,23,25)/t16-/m1/s1. The van der Waals surface area contributed by atoms with Gasteiger partial charge in [-0.25, -0.2) is 4.98 Å². The minimum absolute atomic E-state index is 0.158. The summed E-state index contributed by atoms with van der Waals surface area (Å²) < 4.78 is 0. The number of phenolic OH excluding ortho intramolecular Hbond substituents is 1. The van der Waals surface area contributed by atoms with E-state index in [1.165, 1.54) is 0 Å². The van der Waals surface area contributed by atoms with Gasteiger partial charge in [-0.15, -0.1) is 10.2 Å². The number of phenols is 1. The number of nitrogens with zero attached hydrogens (tertiary/aromatic N) is 4. The summed E-state index contributed by atoms with van der Waals surface area (Å²) in [7, 11) is 2.12. The summed E-state index contributed by atoms with van der Waals surface area (Å²) in [4.78, 5) is 6.86. The van der Waals surface area contributed by atoms with Crippen LogP contribution in [-0.4, -0.2) is 56.5 Å². The van der Waals surface area contributed by atoms with E-state index in [4.69, 9.17) is 0 Å². The van der Waals surface area contributed by atoms with E-state index in [0.717, 1.165) is 55.6 Å². The minimum Gasteiger partial charge on any atom is -0.512 e. The molecule has 1 aliphatic carbocycles. The van der Waals surface area contributed by atoms with E-state index in [1.54, 1.807) is 6.07 Å². The first-order valence-electron chi connectivity index (χ1n) is 9.88. The number of rotatable bonds is 5. The number of hydrogen-bond donors (Lipinski definition) is 3. The van der Waals surface area contributed by atoms with Crippen LogP contribution >= 0.6 is 0 Å². The molecular formula is C21H27N5O2. The molecule has 1 fully saturated rings. The summed E-state index contributed by atoms with van der Waals surface area (Å²) in [5, 5.41) is 32.1. The van der Waals surface area contributed by atoms with Gasteiger partial charge in [0.05, 0.1) is 11.5 Å². The lowest BCUT2D eigenvalue weighted by molar-refractivity contribution is 0.260. The SMILES string of the molecule is Cc1nc(N[C@@H]2CCCN(C)C2)nnc1-c1ccc(CC2=C(O)CC2)cc1O. The molecule has 0 spiro atoms. The number of benzene rings is 1. The normalized spacial score (nSPS) is 20.1. The number of aliphatic hydroxyl groups is 1. The van der Waals surface area contributed by atoms with Crippen molar-refractivity contribution in [3.8, 4) is 17.0 Å². The molecule has 7 nitrogen and oxygen atoms in total. The first kappa shape index (κ1) is 18.7. The second-order valence-corrected chi connectivity index (χ2v) is 7.89. The lowest BCUT2D eigenvalue weighted by Crippen LogP contribution is -2.40. The van der Waals surface area contributed by atoms with Gasteiger partial charge >= 0.3 is 0 Å². The number of anilines is 1. The zero-order valence-corrected chi connectivity index (χ0v) is 16.4. The third kappa shape index (κ3) is 3.94. The molecule has 4 rings (SSSR count). The molecule has 3 N–H and O–H groups in total. The maximum Gasteiger partial charge on any atom is 0.243 e. The number of aromatic nitrogens is 3. The molecule has 2 aromatic rings. The van der Waals surface area contributed by atoms with Gasteiger partial charge in [0.15, 0.2) is 0 Å². The molecule has 2 heterocycles. The second kappa shape index (κ2) is 7.75. The summed E-state index contributed by atoms with van der Waals surface area (Å²) >= 11 is 0. The number of allylic oxidation sites excluding steroid dienone is 2. The molecule has 7 heteroatoms. The number of piperidine rings is 1. The van der Waals surface area contributed by atoms with Crippen molar-refractivity contribution < 1.29 is 10.2 Å². The Hall–Kier alpha value is -2.67. The molecule has 1 saturated heterocycles. The Balaban J connectivity index is 1.50. The van der Waals surface area contributed by atoms with Crippen molar-refractivity contribution in [3.63, 3.8) is 0 Å². The Morgan fingerprint density at radius 1 is 1.21 bits per heavy atom. The number of hydrogen-bond acceptors (Lipinski definition) is 7. The molecule has 0 amide bonds. The fourth-order valence-corrected chi connectivity index (χ4v) is 3.92. The van der Waals surface area contributed by atoms with Crippen molar-refractivity contribution in [1.82, 2.24) is 20.1 Å². The molecule has 148 valence electrons. The Kier molecular flexibility index (Phi) is 5.17. The summed E-state index contributed by atoms with van der Waals surface area (Å²) in [5.74, 6) is 1.18. The maximum atomic E-state index is 10.5. The van der Waals surface area contributed by atoms with Gasteiger partial charge in [0.2, 0.25) is 5.95 Å². The van der Waals surface area contributed by atoms with E-state index >= 15 is 0 Å². The van der Waals surface area contributed by atoms with E-state index in [2.05, 4.69) is 32.4 Å². The van der Waals surface area contributed by atoms with Crippen LogP contribution in [0.3, 0.4) is 0 Å². The van der Waals surface area contributed by atoms with Crippen molar-refractivity contribution in [1.29, 1.82) is 0 Å². The average molecular weight is 381 g/mol. The monoisotopic (exact) mass is 381 g/mol. The fourth-order valence-electron chi connectivity index (χ4n) is 3.92. The van der Waals surface area contributed by atoms with E-state index < -0.39 is 0 Å². The second-order valence-electron chi connectivity index (χ2n) is 7.89. The van der Waals surface area contributed by atoms with Crippen molar-refractivity contribution >= 4 is 5.95 Å². The predicted molar refractivity (Wildman–Crippen MR) is 108 cm³/mol. The number of nitrogens with one attached hydrogen (secondary N) is 1. The topological polar surface area (TPSA) is 94.4 Å². The molecule has 1 aromatic heterocycles. The van der Waals surface area contributed by atoms with Gasteiger partial charge in [-0.05, 0) is 69.5 Å². The lowest BCUT2D eigenvalue weighted by atomic mass is 9.90. The van der Waals surface area contributed by atoms with E-state index in [-0.39, 0.29) is 5.75 Å². The minimum atomic E-state index is 0.158. The summed E-state index contributed by atoms with van der Waals surface area (Å²) in [6.45, 7) is 3.98. The van der Waals surface area contributed by atoms with Gasteiger partial charge in [0, 0.05) is 24.6 Å². The zero-order chi connectivity index (χ0) is 19.7. The molecule has 0 radical (unpaired) electrons. The van der Waals surface area contributed by atoms with Gasteiger partial charge in [-0.1, -0.05) is 6.07 Å². The fraction of sp³-hybridized carbons (Fsp3) is 0.476. The number of aromatic hydroxyl groups is 1. The van der Waals surface area contributed by atoms with E-state index in [0.29, 0.717) is 35.4 Å². The maximum absolute atomic E-state index is 10.5. The van der Waals surface area contributed by atoms with Crippen LogP contribution < -0.4 is 5.32 Å². The number of likely N-dealkylation sites (N-methyl/N-ethyl adjacent to an activating group) is 1. The highest BCUT2D eigenvalue weighted by molar-refractivity contribution is 5.69. The smallest absolute Gasteiger partial charge is 0.243 e. The molecular weight excluding hydrogens is 354 g/mol. The van der Waals surface area contributed by atoms with Crippen molar-refractivity contribution in [2.45, 2.75) is 45.1 Å². The first-order valence-corrected chi connectivity index (χ1v) is 9.88. The highest BCUT2D eigenvalue weighted by Crippen LogP contribution is 2.33. The third-order valence-corrected chi connectivity index (χ3v) is 5.63. The molecule has 0 bridgehead atoms. The Morgan fingerprint density at radius 2 is 2.07 bits per heavy atom. The molecule has 0 saturated carbocycles. The quantitative estimate of drug-likeness (QED) is 0.732.